The molecule has 7 heavy (non-hydrogen) atoms. The second kappa shape index (κ2) is 2.97. The molecule has 0 bridgehead atoms. The fourth-order valence-corrected chi connectivity index (χ4v) is 0.119. The van der Waals surface area contributed by atoms with Gasteiger partial charge in [0, 0.05) is 0 Å². The molecule has 42 valence electrons. The van der Waals surface area contributed by atoms with Crippen molar-refractivity contribution in [3.63, 3.8) is 0 Å². The fourth-order valence-electron chi connectivity index (χ4n) is 0.0607. The molecule has 1 unspecified atom stereocenters. The van der Waals surface area contributed by atoms with Crippen molar-refractivity contribution in [3.8, 4) is 0 Å². The van der Waals surface area contributed by atoms with Gasteiger partial charge in [-0.05, 0) is 11.6 Å². The van der Waals surface area contributed by atoms with Crippen LogP contribution in [0.3, 0.4) is 0 Å². The smallest absolute Gasteiger partial charge is 0.227 e. The van der Waals surface area contributed by atoms with Crippen molar-refractivity contribution in [2.24, 2.45) is 5.92 Å². The third-order valence-electron chi connectivity index (χ3n) is 0.619. The molecule has 3 heteroatoms. The largest absolute Gasteiger partial charge is 0.281 e. The first-order valence-corrected chi connectivity index (χ1v) is 2.31. The predicted molar refractivity (Wildman–Crippen MR) is 26.0 cm³/mol. The summed E-state index contributed by atoms with van der Waals surface area (Å²) in [5.41, 5.74) is 0. The van der Waals surface area contributed by atoms with Gasteiger partial charge in [-0.2, -0.15) is 0 Å². The molecule has 0 aliphatic rings. The van der Waals surface area contributed by atoms with Gasteiger partial charge in [0.2, 0.25) is 5.24 Å². The third kappa shape index (κ3) is 2.57. The molecule has 0 aliphatic heterocycles. The van der Waals surface area contributed by atoms with Gasteiger partial charge in [-0.15, -0.1) is 0 Å². The van der Waals surface area contributed by atoms with Gasteiger partial charge in [0.25, 0.3) is 0 Å². The van der Waals surface area contributed by atoms with Crippen molar-refractivity contribution in [2.75, 3.05) is 6.67 Å². The zero-order chi connectivity index (χ0) is 5.86. The van der Waals surface area contributed by atoms with Gasteiger partial charge in [0.05, 0.1) is 5.92 Å². The molecule has 0 spiro atoms. The first kappa shape index (κ1) is 6.89. The highest BCUT2D eigenvalue weighted by atomic mass is 35.5. The summed E-state index contributed by atoms with van der Waals surface area (Å²) < 4.78 is 11.3. The summed E-state index contributed by atoms with van der Waals surface area (Å²) in [7, 11) is 0. The summed E-state index contributed by atoms with van der Waals surface area (Å²) in [6.07, 6.45) is 0. The molecule has 0 saturated carbocycles. The molecule has 0 amide bonds. The zero-order valence-electron chi connectivity index (χ0n) is 3.95. The Hall–Kier alpha value is -0.110. The number of halogens is 2. The molecule has 0 rings (SSSR count). The Balaban J connectivity index is 3.34. The van der Waals surface area contributed by atoms with E-state index < -0.39 is 17.8 Å². The Labute approximate surface area is 46.5 Å². The zero-order valence-corrected chi connectivity index (χ0v) is 4.70. The first-order valence-electron chi connectivity index (χ1n) is 1.93. The lowest BCUT2D eigenvalue weighted by atomic mass is 10.2. The Bertz CT molecular complexity index is 74.1. The quantitative estimate of drug-likeness (QED) is 0.508. The second-order valence-corrected chi connectivity index (χ2v) is 1.73. The van der Waals surface area contributed by atoms with Crippen LogP contribution in [-0.4, -0.2) is 11.9 Å². The maximum Gasteiger partial charge on any atom is 0.227 e. The van der Waals surface area contributed by atoms with E-state index >= 15 is 0 Å². The second-order valence-electron chi connectivity index (χ2n) is 1.36. The van der Waals surface area contributed by atoms with E-state index in [1.54, 1.807) is 0 Å². The summed E-state index contributed by atoms with van der Waals surface area (Å²) in [5, 5.41) is -0.609. The van der Waals surface area contributed by atoms with Gasteiger partial charge in [-0.3, -0.25) is 9.18 Å². The molecular weight excluding hydrogens is 118 g/mol. The molecule has 0 fully saturated rings. The lowest BCUT2D eigenvalue weighted by Crippen LogP contribution is -2.04. The number of alkyl halides is 1. The lowest BCUT2D eigenvalue weighted by molar-refractivity contribution is -0.115. The summed E-state index contributed by atoms with van der Waals surface area (Å²) in [4.78, 5) is 9.90. The molecule has 1 nitrogen and oxygen atoms in total. The van der Waals surface area contributed by atoms with E-state index in [0.717, 1.165) is 0 Å². The summed E-state index contributed by atoms with van der Waals surface area (Å²) >= 11 is 4.85. The average molecular weight is 125 g/mol. The van der Waals surface area contributed by atoms with E-state index in [1.807, 2.05) is 0 Å². The molecular formula is C4H6ClFO. The lowest BCUT2D eigenvalue weighted by Gasteiger charge is -1.93. The standard InChI is InChI=1S/C4H6ClFO/c1-3(2-6)4(5)7/h3H,2H2,1H3. The van der Waals surface area contributed by atoms with Crippen LogP contribution in [-0.2, 0) is 4.79 Å². The highest BCUT2D eigenvalue weighted by molar-refractivity contribution is 6.63. The number of hydrogen-bond donors (Lipinski definition) is 0. The van der Waals surface area contributed by atoms with Gasteiger partial charge < -0.3 is 0 Å². The van der Waals surface area contributed by atoms with E-state index in [2.05, 4.69) is 0 Å². The maximum absolute atomic E-state index is 11.3. The minimum absolute atomic E-state index is 0.609. The van der Waals surface area contributed by atoms with Crippen molar-refractivity contribution in [3.05, 3.63) is 0 Å². The summed E-state index contributed by atoms with van der Waals surface area (Å²) in [6, 6.07) is 0. The molecule has 0 radical (unpaired) electrons. The van der Waals surface area contributed by atoms with Gasteiger partial charge in [0.15, 0.2) is 0 Å². The molecule has 0 N–H and O–H groups in total. The Morgan fingerprint density at radius 1 is 2.00 bits per heavy atom. The van der Waals surface area contributed by atoms with E-state index in [1.165, 1.54) is 6.92 Å². The monoisotopic (exact) mass is 124 g/mol. The molecule has 0 aliphatic carbocycles. The fraction of sp³-hybridized carbons (Fsp3) is 0.750. The van der Waals surface area contributed by atoms with Crippen LogP contribution in [0, 0.1) is 5.92 Å². The van der Waals surface area contributed by atoms with Crippen molar-refractivity contribution in [2.45, 2.75) is 6.92 Å². The highest BCUT2D eigenvalue weighted by Crippen LogP contribution is 1.99. The minimum atomic E-state index is -0.664. The highest BCUT2D eigenvalue weighted by Gasteiger charge is 2.06. The Morgan fingerprint density at radius 2 is 2.43 bits per heavy atom. The number of hydrogen-bond acceptors (Lipinski definition) is 1. The van der Waals surface area contributed by atoms with Crippen LogP contribution >= 0.6 is 11.6 Å². The van der Waals surface area contributed by atoms with Gasteiger partial charge >= 0.3 is 0 Å². The first-order chi connectivity index (χ1) is 3.18. The van der Waals surface area contributed by atoms with Crippen LogP contribution in [0.4, 0.5) is 4.39 Å². The normalized spacial score (nSPS) is 13.6. The SMILES string of the molecule is CC(CF)C(=O)Cl. The number of rotatable bonds is 2. The van der Waals surface area contributed by atoms with E-state index in [4.69, 9.17) is 11.6 Å². The minimum Gasteiger partial charge on any atom is -0.281 e. The maximum atomic E-state index is 11.3. The Morgan fingerprint density at radius 3 is 2.43 bits per heavy atom. The van der Waals surface area contributed by atoms with E-state index in [9.17, 15) is 9.18 Å². The van der Waals surface area contributed by atoms with Crippen molar-refractivity contribution >= 4 is 16.8 Å². The van der Waals surface area contributed by atoms with Gasteiger partial charge in [-0.25, -0.2) is 0 Å². The van der Waals surface area contributed by atoms with Crippen LogP contribution < -0.4 is 0 Å². The number of carbonyl (C=O) groups is 1. The van der Waals surface area contributed by atoms with Gasteiger partial charge in [0.1, 0.15) is 6.67 Å². The predicted octanol–water partition coefficient (Wildman–Crippen LogP) is 1.36. The Kier molecular flexibility index (Phi) is 2.92. The molecule has 0 saturated heterocycles. The summed E-state index contributed by atoms with van der Waals surface area (Å²) in [6.45, 7) is 0.775. The van der Waals surface area contributed by atoms with E-state index in [-0.39, 0.29) is 0 Å². The molecule has 0 aromatic carbocycles. The van der Waals surface area contributed by atoms with Crippen LogP contribution in [0.5, 0.6) is 0 Å². The van der Waals surface area contributed by atoms with Crippen LogP contribution in [0.2, 0.25) is 0 Å². The van der Waals surface area contributed by atoms with Gasteiger partial charge in [-0.1, -0.05) is 6.92 Å². The van der Waals surface area contributed by atoms with Crippen molar-refractivity contribution < 1.29 is 9.18 Å². The molecule has 0 heterocycles. The summed E-state index contributed by atoms with van der Waals surface area (Å²) in [5.74, 6) is -0.637. The van der Waals surface area contributed by atoms with Crippen molar-refractivity contribution in [1.82, 2.24) is 0 Å². The third-order valence-corrected chi connectivity index (χ3v) is 0.991. The van der Waals surface area contributed by atoms with Crippen LogP contribution in [0.1, 0.15) is 6.92 Å². The van der Waals surface area contributed by atoms with Crippen LogP contribution in [0.25, 0.3) is 0 Å². The molecule has 0 aromatic heterocycles. The molecule has 1 atom stereocenters. The molecule has 0 aromatic rings. The topological polar surface area (TPSA) is 17.1 Å². The van der Waals surface area contributed by atoms with Crippen molar-refractivity contribution in [1.29, 1.82) is 0 Å². The van der Waals surface area contributed by atoms with E-state index in [0.29, 0.717) is 0 Å². The average Bonchev–Trinajstić information content (AvgIpc) is 1.65. The van der Waals surface area contributed by atoms with Crippen LogP contribution in [0.15, 0.2) is 0 Å². The number of carbonyl (C=O) groups excluding carboxylic acids is 1.